The topological polar surface area (TPSA) is 105 Å². The summed E-state index contributed by atoms with van der Waals surface area (Å²) in [6.07, 6.45) is 7.49. The molecule has 1 amide bonds. The Morgan fingerprint density at radius 3 is 2.24 bits per heavy atom. The first kappa shape index (κ1) is 18.1. The van der Waals surface area contributed by atoms with Gasteiger partial charge in [0.25, 0.3) is 5.91 Å². The minimum atomic E-state index is -1.10. The Balaban J connectivity index is 0.00000182. The molecule has 1 aromatic rings. The van der Waals surface area contributed by atoms with E-state index in [4.69, 9.17) is 10.8 Å². The smallest absolute Gasteiger partial charge is 0.354 e. The van der Waals surface area contributed by atoms with Gasteiger partial charge in [0.05, 0.1) is 5.56 Å². The van der Waals surface area contributed by atoms with Gasteiger partial charge in [-0.25, -0.2) is 9.78 Å². The molecule has 0 atom stereocenters. The molecule has 4 saturated carbocycles. The molecule has 0 radical (unpaired) electrons. The largest absolute Gasteiger partial charge is 0.477 e. The highest BCUT2D eigenvalue weighted by molar-refractivity contribution is 5.94. The molecular weight excluding hydrogens is 342 g/mol. The van der Waals surface area contributed by atoms with Crippen molar-refractivity contribution < 1.29 is 14.7 Å². The Hall–Kier alpha value is -1.66. The third-order valence-corrected chi connectivity index (χ3v) is 6.46. The second-order valence-corrected chi connectivity index (χ2v) is 7.84. The normalized spacial score (nSPS) is 35.1. The molecule has 0 saturated heterocycles. The highest BCUT2D eigenvalue weighted by Gasteiger charge is 2.55. The molecule has 136 valence electrons. The van der Waals surface area contributed by atoms with Crippen LogP contribution in [0.1, 0.15) is 53.0 Å². The molecule has 7 heteroatoms. The number of pyridine rings is 1. The lowest BCUT2D eigenvalue weighted by Gasteiger charge is -2.59. The minimum absolute atomic E-state index is 0. The van der Waals surface area contributed by atoms with Crippen molar-refractivity contribution in [3.8, 4) is 0 Å². The van der Waals surface area contributed by atoms with Crippen molar-refractivity contribution >= 4 is 24.3 Å². The third-order valence-electron chi connectivity index (χ3n) is 6.46. The van der Waals surface area contributed by atoms with E-state index in [-0.39, 0.29) is 29.5 Å². The predicted molar refractivity (Wildman–Crippen MR) is 94.7 cm³/mol. The van der Waals surface area contributed by atoms with Crippen molar-refractivity contribution in [2.24, 2.45) is 29.4 Å². The molecule has 1 aromatic heterocycles. The van der Waals surface area contributed by atoms with Gasteiger partial charge in [-0.15, -0.1) is 12.4 Å². The van der Waals surface area contributed by atoms with Crippen molar-refractivity contribution in [1.29, 1.82) is 0 Å². The van der Waals surface area contributed by atoms with E-state index in [0.29, 0.717) is 23.9 Å². The number of nitrogens with one attached hydrogen (secondary N) is 1. The summed E-state index contributed by atoms with van der Waals surface area (Å²) in [6.45, 7) is 0.487. The van der Waals surface area contributed by atoms with Crippen LogP contribution in [-0.2, 0) is 0 Å². The fourth-order valence-corrected chi connectivity index (χ4v) is 5.34. The molecule has 0 aliphatic heterocycles. The van der Waals surface area contributed by atoms with E-state index in [1.165, 1.54) is 50.4 Å². The van der Waals surface area contributed by atoms with E-state index in [1.807, 2.05) is 0 Å². The number of aromatic nitrogens is 1. The van der Waals surface area contributed by atoms with E-state index >= 15 is 0 Å². The van der Waals surface area contributed by atoms with Gasteiger partial charge in [0.1, 0.15) is 5.69 Å². The van der Waals surface area contributed by atoms with Crippen molar-refractivity contribution in [3.63, 3.8) is 0 Å². The summed E-state index contributed by atoms with van der Waals surface area (Å²) in [7, 11) is 0. The Labute approximate surface area is 153 Å². The van der Waals surface area contributed by atoms with Gasteiger partial charge >= 0.3 is 5.97 Å². The number of hydrogen-bond acceptors (Lipinski definition) is 4. The van der Waals surface area contributed by atoms with Gasteiger partial charge in [0.2, 0.25) is 0 Å². The van der Waals surface area contributed by atoms with Crippen molar-refractivity contribution in [2.45, 2.75) is 37.6 Å². The summed E-state index contributed by atoms with van der Waals surface area (Å²) in [4.78, 5) is 27.0. The van der Waals surface area contributed by atoms with Crippen LogP contribution in [0.3, 0.4) is 0 Å². The molecular formula is C18H24ClN3O3. The highest BCUT2D eigenvalue weighted by Crippen LogP contribution is 2.57. The van der Waals surface area contributed by atoms with Crippen LogP contribution in [0.5, 0.6) is 0 Å². The molecule has 4 aliphatic carbocycles. The summed E-state index contributed by atoms with van der Waals surface area (Å²) in [5.41, 5.74) is 6.78. The third kappa shape index (κ3) is 3.13. The molecule has 4 fully saturated rings. The Bertz CT molecular complexity index is 649. The van der Waals surface area contributed by atoms with Crippen molar-refractivity contribution in [1.82, 2.24) is 10.3 Å². The molecule has 4 aliphatic rings. The number of halogens is 1. The van der Waals surface area contributed by atoms with Gasteiger partial charge in [0, 0.05) is 18.3 Å². The standard InChI is InChI=1S/C18H23N3O3.ClH/c19-18(13-4-10-3-11(6-13)7-14(18)5-10)9-21-16(22)12-1-2-15(17(23)24)20-8-12;/h1-2,8,10-11,13-14H,3-7,9,19H2,(H,21,22)(H,23,24);1H. The average Bonchev–Trinajstić information content (AvgIpc) is 2.57. The van der Waals surface area contributed by atoms with Crippen molar-refractivity contribution in [2.75, 3.05) is 6.54 Å². The lowest BCUT2D eigenvalue weighted by atomic mass is 9.49. The summed E-state index contributed by atoms with van der Waals surface area (Å²) < 4.78 is 0. The number of nitrogens with zero attached hydrogens (tertiary/aromatic N) is 1. The molecule has 0 aromatic carbocycles. The summed E-state index contributed by atoms with van der Waals surface area (Å²) in [6, 6.07) is 2.84. The predicted octanol–water partition coefficient (Wildman–Crippen LogP) is 2.08. The number of rotatable bonds is 4. The molecule has 0 spiro atoms. The number of carbonyl (C=O) groups excluding carboxylic acids is 1. The van der Waals surface area contributed by atoms with E-state index in [2.05, 4.69) is 10.3 Å². The van der Waals surface area contributed by atoms with E-state index < -0.39 is 5.97 Å². The molecule has 4 N–H and O–H groups in total. The van der Waals surface area contributed by atoms with Gasteiger partial charge in [-0.3, -0.25) is 4.79 Å². The number of carboxylic acid groups (broad SMARTS) is 1. The second-order valence-electron chi connectivity index (χ2n) is 7.84. The number of amides is 1. The van der Waals surface area contributed by atoms with Crippen LogP contribution in [-0.4, -0.2) is 34.1 Å². The van der Waals surface area contributed by atoms with Crippen LogP contribution >= 0.6 is 12.4 Å². The number of carboxylic acids is 1. The fourth-order valence-electron chi connectivity index (χ4n) is 5.34. The van der Waals surface area contributed by atoms with Gasteiger partial charge in [-0.05, 0) is 67.9 Å². The zero-order valence-corrected chi connectivity index (χ0v) is 14.8. The number of hydrogen-bond donors (Lipinski definition) is 3. The molecule has 25 heavy (non-hydrogen) atoms. The minimum Gasteiger partial charge on any atom is -0.477 e. The maximum atomic E-state index is 12.3. The van der Waals surface area contributed by atoms with Crippen LogP contribution in [0.4, 0.5) is 0 Å². The number of carbonyl (C=O) groups is 2. The highest BCUT2D eigenvalue weighted by atomic mass is 35.5. The number of nitrogens with two attached hydrogens (primary N) is 1. The van der Waals surface area contributed by atoms with Crippen molar-refractivity contribution in [3.05, 3.63) is 29.6 Å². The SMILES string of the molecule is Cl.NC1(CNC(=O)c2ccc(C(=O)O)nc2)C2CC3CC(C2)CC1C3. The van der Waals surface area contributed by atoms with E-state index in [1.54, 1.807) is 0 Å². The maximum Gasteiger partial charge on any atom is 0.354 e. The van der Waals surface area contributed by atoms with E-state index in [0.717, 1.165) is 11.8 Å². The maximum absolute atomic E-state index is 12.3. The monoisotopic (exact) mass is 365 g/mol. The molecule has 0 unspecified atom stereocenters. The quantitative estimate of drug-likeness (QED) is 0.757. The molecule has 4 bridgehead atoms. The Morgan fingerprint density at radius 2 is 1.76 bits per heavy atom. The molecule has 6 nitrogen and oxygen atoms in total. The van der Waals surface area contributed by atoms with Crippen LogP contribution in [0.25, 0.3) is 0 Å². The van der Waals surface area contributed by atoms with Crippen LogP contribution < -0.4 is 11.1 Å². The zero-order valence-electron chi connectivity index (χ0n) is 14.0. The summed E-state index contributed by atoms with van der Waals surface area (Å²) in [5, 5.41) is 11.8. The van der Waals surface area contributed by atoms with Gasteiger partial charge in [-0.1, -0.05) is 0 Å². The summed E-state index contributed by atoms with van der Waals surface area (Å²) in [5.74, 6) is 1.37. The van der Waals surface area contributed by atoms with Gasteiger partial charge in [0.15, 0.2) is 0 Å². The lowest BCUT2D eigenvalue weighted by molar-refractivity contribution is -0.0533. The Kier molecular flexibility index (Phi) is 4.77. The first-order chi connectivity index (χ1) is 11.5. The second kappa shape index (κ2) is 6.57. The van der Waals surface area contributed by atoms with Crippen LogP contribution in [0.15, 0.2) is 18.3 Å². The molecule has 5 rings (SSSR count). The van der Waals surface area contributed by atoms with Crippen LogP contribution in [0, 0.1) is 23.7 Å². The fraction of sp³-hybridized carbons (Fsp3) is 0.611. The zero-order chi connectivity index (χ0) is 16.9. The van der Waals surface area contributed by atoms with Gasteiger partial charge in [-0.2, -0.15) is 0 Å². The molecule has 1 heterocycles. The van der Waals surface area contributed by atoms with Gasteiger partial charge < -0.3 is 16.2 Å². The first-order valence-corrected chi connectivity index (χ1v) is 8.72. The average molecular weight is 366 g/mol. The van der Waals surface area contributed by atoms with E-state index in [9.17, 15) is 9.59 Å². The van der Waals surface area contributed by atoms with Crippen LogP contribution in [0.2, 0.25) is 0 Å². The lowest BCUT2D eigenvalue weighted by Crippen LogP contribution is -2.67. The Morgan fingerprint density at radius 1 is 1.16 bits per heavy atom. The number of aromatic carboxylic acids is 1. The summed E-state index contributed by atoms with van der Waals surface area (Å²) >= 11 is 0. The first-order valence-electron chi connectivity index (χ1n) is 8.72.